The Morgan fingerprint density at radius 1 is 1.03 bits per heavy atom. The van der Waals surface area contributed by atoms with Crippen LogP contribution in [-0.4, -0.2) is 34.6 Å². The third-order valence-corrected chi connectivity index (χ3v) is 8.21. The third kappa shape index (κ3) is 7.69. The molecule has 0 saturated heterocycles. The first-order valence-corrected chi connectivity index (χ1v) is 14.0. The molecule has 0 heterocycles. The maximum atomic E-state index is 13.4. The number of rotatable bonds is 10. The molecule has 0 aliphatic heterocycles. The fourth-order valence-corrected chi connectivity index (χ4v) is 5.88. The summed E-state index contributed by atoms with van der Waals surface area (Å²) < 4.78 is 0. The van der Waals surface area contributed by atoms with Crippen LogP contribution in [-0.2, 0) is 21.9 Å². The monoisotopic (exact) mass is 560 g/mol. The molecule has 184 valence electrons. The number of nitrogens with one attached hydrogen (secondary N) is 1. The Labute approximate surface area is 225 Å². The van der Waals surface area contributed by atoms with E-state index >= 15 is 0 Å². The van der Waals surface area contributed by atoms with Crippen LogP contribution in [0.5, 0.6) is 0 Å². The molecular formula is C25H28Cl4N2O2S. The molecule has 4 nitrogen and oxygen atoms in total. The van der Waals surface area contributed by atoms with E-state index in [4.69, 9.17) is 46.4 Å². The molecule has 3 rings (SSSR count). The molecule has 2 aromatic carbocycles. The molecule has 2 amide bonds. The van der Waals surface area contributed by atoms with Gasteiger partial charge in [0.2, 0.25) is 11.8 Å². The average Bonchev–Trinajstić information content (AvgIpc) is 3.30. The SMILES string of the molecule is CC[C@H](C(=O)NC1CCCC1)N(Cc1ccc(Cl)c(Cl)c1)C(=O)CSCc1ccc(Cl)cc1Cl. The fourth-order valence-electron chi connectivity index (χ4n) is 4.09. The van der Waals surface area contributed by atoms with Crippen molar-refractivity contribution in [3.8, 4) is 0 Å². The highest BCUT2D eigenvalue weighted by molar-refractivity contribution is 7.99. The molecule has 1 saturated carbocycles. The van der Waals surface area contributed by atoms with E-state index in [-0.39, 0.29) is 30.2 Å². The van der Waals surface area contributed by atoms with Crippen molar-refractivity contribution in [3.63, 3.8) is 0 Å². The zero-order chi connectivity index (χ0) is 24.7. The Kier molecular flexibility index (Phi) is 10.7. The highest BCUT2D eigenvalue weighted by atomic mass is 35.5. The van der Waals surface area contributed by atoms with Crippen LogP contribution in [0, 0.1) is 0 Å². The van der Waals surface area contributed by atoms with Gasteiger partial charge in [-0.2, -0.15) is 0 Å². The highest BCUT2D eigenvalue weighted by Gasteiger charge is 2.30. The molecule has 34 heavy (non-hydrogen) atoms. The molecule has 0 unspecified atom stereocenters. The number of amides is 2. The standard InChI is InChI=1S/C25H28Cl4N2O2S/c1-2-23(25(33)30-19-5-3-4-6-19)31(13-16-7-10-20(27)22(29)11-16)24(32)15-34-14-17-8-9-18(26)12-21(17)28/h7-12,19,23H,2-6,13-15H2,1H3,(H,30,33)/t23-/m1/s1. The molecular weight excluding hydrogens is 534 g/mol. The summed E-state index contributed by atoms with van der Waals surface area (Å²) in [5.74, 6) is 0.559. The quantitative estimate of drug-likeness (QED) is 0.329. The van der Waals surface area contributed by atoms with Crippen molar-refractivity contribution in [2.45, 2.75) is 63.4 Å². The van der Waals surface area contributed by atoms with Gasteiger partial charge in [0.25, 0.3) is 0 Å². The van der Waals surface area contributed by atoms with Crippen LogP contribution in [0.15, 0.2) is 36.4 Å². The minimum Gasteiger partial charge on any atom is -0.352 e. The van der Waals surface area contributed by atoms with E-state index in [1.807, 2.05) is 19.1 Å². The number of carbonyl (C=O) groups is 2. The van der Waals surface area contributed by atoms with Gasteiger partial charge in [0.05, 0.1) is 15.8 Å². The molecule has 0 spiro atoms. The number of nitrogens with zero attached hydrogens (tertiary/aromatic N) is 1. The lowest BCUT2D eigenvalue weighted by molar-refractivity contribution is -0.139. The first kappa shape index (κ1) is 27.5. The lowest BCUT2D eigenvalue weighted by Crippen LogP contribution is -2.51. The first-order valence-electron chi connectivity index (χ1n) is 11.3. The van der Waals surface area contributed by atoms with Gasteiger partial charge in [0.15, 0.2) is 0 Å². The summed E-state index contributed by atoms with van der Waals surface area (Å²) in [5.41, 5.74) is 1.73. The van der Waals surface area contributed by atoms with E-state index < -0.39 is 6.04 Å². The number of benzene rings is 2. The van der Waals surface area contributed by atoms with Crippen molar-refractivity contribution in [1.82, 2.24) is 10.2 Å². The van der Waals surface area contributed by atoms with E-state index in [2.05, 4.69) is 5.32 Å². The number of carbonyl (C=O) groups excluding carboxylic acids is 2. The Morgan fingerprint density at radius 3 is 2.41 bits per heavy atom. The van der Waals surface area contributed by atoms with Crippen LogP contribution in [0.4, 0.5) is 0 Å². The summed E-state index contributed by atoms with van der Waals surface area (Å²) in [4.78, 5) is 28.2. The second-order valence-corrected chi connectivity index (χ2v) is 11.1. The Hall–Kier alpha value is -1.11. The number of thioether (sulfide) groups is 1. The van der Waals surface area contributed by atoms with Gasteiger partial charge in [-0.05, 0) is 54.7 Å². The van der Waals surface area contributed by atoms with Gasteiger partial charge in [-0.15, -0.1) is 11.8 Å². The highest BCUT2D eigenvalue weighted by Crippen LogP contribution is 2.27. The lowest BCUT2D eigenvalue weighted by Gasteiger charge is -2.31. The van der Waals surface area contributed by atoms with Crippen LogP contribution in [0.3, 0.4) is 0 Å². The summed E-state index contributed by atoms with van der Waals surface area (Å²) in [7, 11) is 0. The van der Waals surface area contributed by atoms with Crippen molar-refractivity contribution < 1.29 is 9.59 Å². The summed E-state index contributed by atoms with van der Waals surface area (Å²) in [5, 5.41) is 5.16. The van der Waals surface area contributed by atoms with Gasteiger partial charge in [0.1, 0.15) is 6.04 Å². The maximum Gasteiger partial charge on any atom is 0.243 e. The second-order valence-electron chi connectivity index (χ2n) is 8.41. The second kappa shape index (κ2) is 13.3. The van der Waals surface area contributed by atoms with Gasteiger partial charge in [-0.1, -0.05) is 78.3 Å². The van der Waals surface area contributed by atoms with Gasteiger partial charge >= 0.3 is 0 Å². The third-order valence-electron chi connectivity index (χ3n) is 5.92. The van der Waals surface area contributed by atoms with Crippen LogP contribution >= 0.6 is 58.2 Å². The Bertz CT molecular complexity index is 1010. The van der Waals surface area contributed by atoms with Crippen LogP contribution in [0.2, 0.25) is 20.1 Å². The van der Waals surface area contributed by atoms with E-state index in [0.29, 0.717) is 32.3 Å². The Balaban J connectivity index is 1.73. The molecule has 1 N–H and O–H groups in total. The van der Waals surface area contributed by atoms with E-state index in [1.54, 1.807) is 29.2 Å². The zero-order valence-electron chi connectivity index (χ0n) is 19.0. The van der Waals surface area contributed by atoms with Crippen molar-refractivity contribution in [3.05, 3.63) is 67.6 Å². The predicted molar refractivity (Wildman–Crippen MR) is 144 cm³/mol. The van der Waals surface area contributed by atoms with Crippen molar-refractivity contribution in [2.24, 2.45) is 0 Å². The molecule has 2 aromatic rings. The van der Waals surface area contributed by atoms with Gasteiger partial charge < -0.3 is 10.2 Å². The molecule has 0 aromatic heterocycles. The largest absolute Gasteiger partial charge is 0.352 e. The molecule has 9 heteroatoms. The minimum absolute atomic E-state index is 0.103. The molecule has 0 radical (unpaired) electrons. The minimum atomic E-state index is -0.567. The topological polar surface area (TPSA) is 49.4 Å². The van der Waals surface area contributed by atoms with Gasteiger partial charge in [-0.3, -0.25) is 9.59 Å². The van der Waals surface area contributed by atoms with E-state index in [9.17, 15) is 9.59 Å². The zero-order valence-corrected chi connectivity index (χ0v) is 22.8. The number of halogens is 4. The molecule has 1 aliphatic carbocycles. The van der Waals surface area contributed by atoms with Crippen molar-refractivity contribution in [2.75, 3.05) is 5.75 Å². The van der Waals surface area contributed by atoms with Gasteiger partial charge in [-0.25, -0.2) is 0 Å². The van der Waals surface area contributed by atoms with E-state index in [0.717, 1.165) is 36.8 Å². The molecule has 1 aliphatic rings. The van der Waals surface area contributed by atoms with E-state index in [1.165, 1.54) is 11.8 Å². The molecule has 1 fully saturated rings. The van der Waals surface area contributed by atoms with Gasteiger partial charge in [0, 0.05) is 28.4 Å². The predicted octanol–water partition coefficient (Wildman–Crippen LogP) is 7.40. The molecule has 0 bridgehead atoms. The van der Waals surface area contributed by atoms with Crippen LogP contribution in [0.25, 0.3) is 0 Å². The lowest BCUT2D eigenvalue weighted by atomic mass is 10.1. The van der Waals surface area contributed by atoms with Crippen LogP contribution in [0.1, 0.15) is 50.2 Å². The Morgan fingerprint density at radius 2 is 1.76 bits per heavy atom. The summed E-state index contributed by atoms with van der Waals surface area (Å²) in [6, 6.07) is 10.2. The number of hydrogen-bond donors (Lipinski definition) is 1. The van der Waals surface area contributed by atoms with Crippen molar-refractivity contribution >= 4 is 70.0 Å². The maximum absolute atomic E-state index is 13.4. The number of hydrogen-bond acceptors (Lipinski definition) is 3. The van der Waals surface area contributed by atoms with Crippen LogP contribution < -0.4 is 5.32 Å². The first-order chi connectivity index (χ1) is 16.3. The normalized spacial score (nSPS) is 14.7. The molecule has 1 atom stereocenters. The summed E-state index contributed by atoms with van der Waals surface area (Å²) in [6.07, 6.45) is 4.73. The summed E-state index contributed by atoms with van der Waals surface area (Å²) >= 11 is 26.0. The average molecular weight is 562 g/mol. The fraction of sp³-hybridized carbons (Fsp3) is 0.440. The van der Waals surface area contributed by atoms with Crippen molar-refractivity contribution in [1.29, 1.82) is 0 Å². The smallest absolute Gasteiger partial charge is 0.243 e. The summed E-state index contributed by atoms with van der Waals surface area (Å²) in [6.45, 7) is 2.20.